The Balaban J connectivity index is 2.63. The molecule has 0 aliphatic rings. The first-order chi connectivity index (χ1) is 7.63. The van der Waals surface area contributed by atoms with E-state index >= 15 is 0 Å². The van der Waals surface area contributed by atoms with Crippen LogP contribution in [0.15, 0.2) is 24.3 Å². The number of amides is 1. The van der Waals surface area contributed by atoms with Crippen molar-refractivity contribution >= 4 is 11.6 Å². The average Bonchev–Trinajstić information content (AvgIpc) is 2.26. The van der Waals surface area contributed by atoms with Crippen molar-refractivity contribution < 1.29 is 9.53 Å². The van der Waals surface area contributed by atoms with Crippen molar-refractivity contribution in [3.63, 3.8) is 0 Å². The van der Waals surface area contributed by atoms with Crippen LogP contribution in [-0.2, 0) is 4.79 Å². The fourth-order valence-corrected chi connectivity index (χ4v) is 1.14. The SMILES string of the molecule is CCCOc1cccc(NC(=O)[C@H](C)N)c1. The summed E-state index contributed by atoms with van der Waals surface area (Å²) in [6.45, 7) is 4.36. The van der Waals surface area contributed by atoms with E-state index in [1.54, 1.807) is 19.1 Å². The normalized spacial score (nSPS) is 11.9. The van der Waals surface area contributed by atoms with Gasteiger partial charge < -0.3 is 15.8 Å². The van der Waals surface area contributed by atoms with Crippen LogP contribution in [0.1, 0.15) is 20.3 Å². The van der Waals surface area contributed by atoms with E-state index in [0.717, 1.165) is 12.2 Å². The lowest BCUT2D eigenvalue weighted by molar-refractivity contribution is -0.117. The second-order valence-corrected chi connectivity index (χ2v) is 3.65. The zero-order chi connectivity index (χ0) is 12.0. The average molecular weight is 222 g/mol. The lowest BCUT2D eigenvalue weighted by Gasteiger charge is -2.09. The lowest BCUT2D eigenvalue weighted by atomic mass is 10.2. The lowest BCUT2D eigenvalue weighted by Crippen LogP contribution is -2.32. The van der Waals surface area contributed by atoms with Crippen LogP contribution in [-0.4, -0.2) is 18.6 Å². The highest BCUT2D eigenvalue weighted by molar-refractivity contribution is 5.94. The minimum absolute atomic E-state index is 0.201. The second-order valence-electron chi connectivity index (χ2n) is 3.65. The third-order valence-electron chi connectivity index (χ3n) is 1.99. The van der Waals surface area contributed by atoms with E-state index < -0.39 is 6.04 Å². The molecule has 4 heteroatoms. The standard InChI is InChI=1S/C12H18N2O2/c1-3-7-16-11-6-4-5-10(8-11)14-12(15)9(2)13/h4-6,8-9H,3,7,13H2,1-2H3,(H,14,15)/t9-/m0/s1. The van der Waals surface area contributed by atoms with Crippen molar-refractivity contribution in [2.75, 3.05) is 11.9 Å². The molecule has 0 spiro atoms. The van der Waals surface area contributed by atoms with Crippen LogP contribution < -0.4 is 15.8 Å². The van der Waals surface area contributed by atoms with E-state index in [9.17, 15) is 4.79 Å². The van der Waals surface area contributed by atoms with Crippen molar-refractivity contribution in [1.29, 1.82) is 0 Å². The minimum atomic E-state index is -0.514. The number of ether oxygens (including phenoxy) is 1. The van der Waals surface area contributed by atoms with Gasteiger partial charge in [0.2, 0.25) is 5.91 Å². The Morgan fingerprint density at radius 3 is 2.94 bits per heavy atom. The summed E-state index contributed by atoms with van der Waals surface area (Å²) in [6, 6.07) is 6.77. The van der Waals surface area contributed by atoms with Gasteiger partial charge in [-0.05, 0) is 25.5 Å². The zero-order valence-electron chi connectivity index (χ0n) is 9.69. The molecule has 0 saturated carbocycles. The van der Waals surface area contributed by atoms with Crippen molar-refractivity contribution in [2.45, 2.75) is 26.3 Å². The topological polar surface area (TPSA) is 64.3 Å². The molecular weight excluding hydrogens is 204 g/mol. The van der Waals surface area contributed by atoms with Gasteiger partial charge in [0.05, 0.1) is 12.6 Å². The Morgan fingerprint density at radius 1 is 1.56 bits per heavy atom. The van der Waals surface area contributed by atoms with Crippen molar-refractivity contribution in [3.8, 4) is 5.75 Å². The Hall–Kier alpha value is -1.55. The number of carbonyl (C=O) groups excluding carboxylic acids is 1. The molecule has 4 nitrogen and oxygen atoms in total. The van der Waals surface area contributed by atoms with E-state index in [0.29, 0.717) is 12.3 Å². The highest BCUT2D eigenvalue weighted by Crippen LogP contribution is 2.17. The molecule has 1 amide bonds. The number of nitrogens with one attached hydrogen (secondary N) is 1. The van der Waals surface area contributed by atoms with Gasteiger partial charge in [-0.3, -0.25) is 4.79 Å². The molecule has 1 aromatic rings. The monoisotopic (exact) mass is 222 g/mol. The molecular formula is C12H18N2O2. The molecule has 1 aromatic carbocycles. The van der Waals surface area contributed by atoms with Crippen molar-refractivity contribution in [3.05, 3.63) is 24.3 Å². The summed E-state index contributed by atoms with van der Waals surface area (Å²) in [7, 11) is 0. The first-order valence-corrected chi connectivity index (χ1v) is 5.42. The quantitative estimate of drug-likeness (QED) is 0.798. The molecule has 0 heterocycles. The van der Waals surface area contributed by atoms with E-state index in [-0.39, 0.29) is 5.91 Å². The first kappa shape index (κ1) is 12.5. The van der Waals surface area contributed by atoms with Crippen LogP contribution in [0.2, 0.25) is 0 Å². The van der Waals surface area contributed by atoms with Gasteiger partial charge in [-0.15, -0.1) is 0 Å². The van der Waals surface area contributed by atoms with E-state index in [1.807, 2.05) is 19.1 Å². The number of rotatable bonds is 5. The zero-order valence-corrected chi connectivity index (χ0v) is 9.69. The van der Waals surface area contributed by atoms with Crippen molar-refractivity contribution in [1.82, 2.24) is 0 Å². The number of nitrogens with two attached hydrogens (primary N) is 1. The van der Waals surface area contributed by atoms with E-state index in [2.05, 4.69) is 5.32 Å². The third kappa shape index (κ3) is 3.90. The number of hydrogen-bond acceptors (Lipinski definition) is 3. The summed E-state index contributed by atoms with van der Waals surface area (Å²) in [5, 5.41) is 2.71. The Morgan fingerprint density at radius 2 is 2.31 bits per heavy atom. The molecule has 1 atom stereocenters. The summed E-state index contributed by atoms with van der Waals surface area (Å²) in [5.41, 5.74) is 6.16. The van der Waals surface area contributed by atoms with Gasteiger partial charge >= 0.3 is 0 Å². The predicted molar refractivity (Wildman–Crippen MR) is 64.5 cm³/mol. The fraction of sp³-hybridized carbons (Fsp3) is 0.417. The molecule has 0 saturated heterocycles. The molecule has 88 valence electrons. The van der Waals surface area contributed by atoms with Crippen LogP contribution in [0.4, 0.5) is 5.69 Å². The van der Waals surface area contributed by atoms with Gasteiger partial charge in [0, 0.05) is 11.8 Å². The van der Waals surface area contributed by atoms with Gasteiger partial charge in [-0.2, -0.15) is 0 Å². The number of anilines is 1. The van der Waals surface area contributed by atoms with Gasteiger partial charge in [-0.25, -0.2) is 0 Å². The second kappa shape index (κ2) is 6.12. The highest BCUT2D eigenvalue weighted by atomic mass is 16.5. The molecule has 1 rings (SSSR count). The predicted octanol–water partition coefficient (Wildman–Crippen LogP) is 1.76. The highest BCUT2D eigenvalue weighted by Gasteiger charge is 2.07. The maximum absolute atomic E-state index is 11.4. The third-order valence-corrected chi connectivity index (χ3v) is 1.99. The Labute approximate surface area is 95.8 Å². The minimum Gasteiger partial charge on any atom is -0.494 e. The maximum Gasteiger partial charge on any atom is 0.241 e. The smallest absolute Gasteiger partial charge is 0.241 e. The number of carbonyl (C=O) groups is 1. The summed E-state index contributed by atoms with van der Waals surface area (Å²) < 4.78 is 5.46. The molecule has 0 bridgehead atoms. The van der Waals surface area contributed by atoms with Crippen LogP contribution in [0, 0.1) is 0 Å². The summed E-state index contributed by atoms with van der Waals surface area (Å²) in [4.78, 5) is 11.4. The molecule has 0 unspecified atom stereocenters. The molecule has 0 fully saturated rings. The Kier molecular flexibility index (Phi) is 4.79. The molecule has 0 aromatic heterocycles. The van der Waals surface area contributed by atoms with Gasteiger partial charge in [0.15, 0.2) is 0 Å². The first-order valence-electron chi connectivity index (χ1n) is 5.42. The maximum atomic E-state index is 11.4. The fourth-order valence-electron chi connectivity index (χ4n) is 1.14. The molecule has 0 aliphatic carbocycles. The Bertz CT molecular complexity index is 351. The van der Waals surface area contributed by atoms with Crippen LogP contribution in [0.25, 0.3) is 0 Å². The van der Waals surface area contributed by atoms with Crippen LogP contribution in [0.5, 0.6) is 5.75 Å². The van der Waals surface area contributed by atoms with Gasteiger partial charge in [0.25, 0.3) is 0 Å². The van der Waals surface area contributed by atoms with E-state index in [1.165, 1.54) is 0 Å². The number of benzene rings is 1. The van der Waals surface area contributed by atoms with Gasteiger partial charge in [0.1, 0.15) is 5.75 Å². The molecule has 16 heavy (non-hydrogen) atoms. The van der Waals surface area contributed by atoms with Crippen molar-refractivity contribution in [2.24, 2.45) is 5.73 Å². The molecule has 0 radical (unpaired) electrons. The summed E-state index contributed by atoms with van der Waals surface area (Å²) in [5.74, 6) is 0.553. The van der Waals surface area contributed by atoms with Crippen LogP contribution in [0.3, 0.4) is 0 Å². The number of hydrogen-bond donors (Lipinski definition) is 2. The summed E-state index contributed by atoms with van der Waals surface area (Å²) in [6.07, 6.45) is 0.955. The summed E-state index contributed by atoms with van der Waals surface area (Å²) >= 11 is 0. The van der Waals surface area contributed by atoms with E-state index in [4.69, 9.17) is 10.5 Å². The largest absolute Gasteiger partial charge is 0.494 e. The molecule has 3 N–H and O–H groups in total. The van der Waals surface area contributed by atoms with Gasteiger partial charge in [-0.1, -0.05) is 13.0 Å². The molecule has 0 aliphatic heterocycles. The van der Waals surface area contributed by atoms with Crippen LogP contribution >= 0.6 is 0 Å².